The van der Waals surface area contributed by atoms with Crippen LogP contribution in [0.1, 0.15) is 17.4 Å². The molecule has 0 aliphatic carbocycles. The Balaban J connectivity index is 1.98. The molecule has 2 N–H and O–H groups in total. The van der Waals surface area contributed by atoms with Crippen LogP contribution in [0.2, 0.25) is 0 Å². The first kappa shape index (κ1) is 16.9. The van der Waals surface area contributed by atoms with Gasteiger partial charge in [-0.05, 0) is 25.1 Å². The molecule has 1 atom stereocenters. The molecule has 8 heteroatoms. The van der Waals surface area contributed by atoms with Crippen LogP contribution in [0.25, 0.3) is 0 Å². The van der Waals surface area contributed by atoms with Crippen molar-refractivity contribution in [2.75, 3.05) is 32.9 Å². The summed E-state index contributed by atoms with van der Waals surface area (Å²) < 4.78 is 38.2. The fourth-order valence-corrected chi connectivity index (χ4v) is 4.63. The van der Waals surface area contributed by atoms with Gasteiger partial charge < -0.3 is 14.8 Å². The van der Waals surface area contributed by atoms with Crippen LogP contribution < -0.4 is 10.0 Å². The van der Waals surface area contributed by atoms with E-state index in [0.717, 1.165) is 17.0 Å². The largest absolute Gasteiger partial charge is 0.376 e. The van der Waals surface area contributed by atoms with E-state index in [-0.39, 0.29) is 12.6 Å². The van der Waals surface area contributed by atoms with Gasteiger partial charge in [-0.15, -0.1) is 11.3 Å². The van der Waals surface area contributed by atoms with Gasteiger partial charge in [0.1, 0.15) is 4.21 Å². The Hall–Kier alpha value is -0.510. The maximum absolute atomic E-state index is 12.3. The highest BCUT2D eigenvalue weighted by Crippen LogP contribution is 2.25. The molecule has 1 fully saturated rings. The number of sulfonamides is 1. The van der Waals surface area contributed by atoms with Crippen LogP contribution in [-0.2, 0) is 26.0 Å². The molecule has 2 rings (SSSR count). The molecule has 1 unspecified atom stereocenters. The highest BCUT2D eigenvalue weighted by atomic mass is 32.2. The number of rotatable bonds is 7. The molecule has 1 aromatic rings. The predicted molar refractivity (Wildman–Crippen MR) is 82.2 cm³/mol. The van der Waals surface area contributed by atoms with E-state index in [1.165, 1.54) is 11.3 Å². The Morgan fingerprint density at radius 2 is 2.24 bits per heavy atom. The van der Waals surface area contributed by atoms with Crippen LogP contribution in [0.5, 0.6) is 0 Å². The lowest BCUT2D eigenvalue weighted by molar-refractivity contribution is -0.0846. The summed E-state index contributed by atoms with van der Waals surface area (Å²) in [6, 6.07) is 1.72. The summed E-state index contributed by atoms with van der Waals surface area (Å²) in [5.74, 6) is 0. The minimum Gasteiger partial charge on any atom is -0.376 e. The normalized spacial score (nSPS) is 19.8. The van der Waals surface area contributed by atoms with E-state index in [2.05, 4.69) is 10.0 Å². The molecule has 0 amide bonds. The standard InChI is InChI=1S/C13H22N2O4S2/c1-3-14-8-12-10(2)6-13(20-12)21(16,17)15-7-11-9-18-4-5-19-11/h6,11,14-15H,3-5,7-9H2,1-2H3. The second-order valence-electron chi connectivity index (χ2n) is 4.87. The molecule has 1 aromatic heterocycles. The summed E-state index contributed by atoms with van der Waals surface area (Å²) in [6.07, 6.45) is -0.212. The monoisotopic (exact) mass is 334 g/mol. The van der Waals surface area contributed by atoms with Crippen molar-refractivity contribution >= 4 is 21.4 Å². The van der Waals surface area contributed by atoms with Crippen molar-refractivity contribution in [3.05, 3.63) is 16.5 Å². The highest BCUT2D eigenvalue weighted by Gasteiger charge is 2.22. The van der Waals surface area contributed by atoms with Crippen molar-refractivity contribution < 1.29 is 17.9 Å². The van der Waals surface area contributed by atoms with Crippen molar-refractivity contribution in [2.45, 2.75) is 30.7 Å². The molecule has 21 heavy (non-hydrogen) atoms. The smallest absolute Gasteiger partial charge is 0.250 e. The fraction of sp³-hybridized carbons (Fsp3) is 0.692. The van der Waals surface area contributed by atoms with Gasteiger partial charge in [-0.3, -0.25) is 0 Å². The molecule has 0 bridgehead atoms. The minimum atomic E-state index is -3.48. The lowest BCUT2D eigenvalue weighted by Gasteiger charge is -2.22. The van der Waals surface area contributed by atoms with Gasteiger partial charge in [0.25, 0.3) is 0 Å². The predicted octanol–water partition coefficient (Wildman–Crippen LogP) is 0.860. The Kier molecular flexibility index (Phi) is 6.15. The second-order valence-corrected chi connectivity index (χ2v) is 8.00. The van der Waals surface area contributed by atoms with E-state index in [9.17, 15) is 8.42 Å². The summed E-state index contributed by atoms with van der Waals surface area (Å²) in [5.41, 5.74) is 0.999. The third-order valence-corrected chi connectivity index (χ3v) is 6.32. The fourth-order valence-electron chi connectivity index (χ4n) is 1.96. The van der Waals surface area contributed by atoms with Gasteiger partial charge in [0.2, 0.25) is 10.0 Å². The zero-order valence-corrected chi connectivity index (χ0v) is 14.0. The number of nitrogens with one attached hydrogen (secondary N) is 2. The summed E-state index contributed by atoms with van der Waals surface area (Å²) in [4.78, 5) is 1.05. The third-order valence-electron chi connectivity index (χ3n) is 3.18. The number of thiophene rings is 1. The van der Waals surface area contributed by atoms with E-state index in [4.69, 9.17) is 9.47 Å². The van der Waals surface area contributed by atoms with Crippen LogP contribution >= 0.6 is 11.3 Å². The third kappa shape index (κ3) is 4.73. The second kappa shape index (κ2) is 7.66. The van der Waals surface area contributed by atoms with Crippen LogP contribution in [0.15, 0.2) is 10.3 Å². The zero-order chi connectivity index (χ0) is 15.3. The van der Waals surface area contributed by atoms with Gasteiger partial charge >= 0.3 is 0 Å². The number of hydrogen-bond donors (Lipinski definition) is 2. The molecular formula is C13H22N2O4S2. The minimum absolute atomic E-state index is 0.212. The average Bonchev–Trinajstić information content (AvgIpc) is 2.86. The van der Waals surface area contributed by atoms with Gasteiger partial charge in [0, 0.05) is 18.0 Å². The Morgan fingerprint density at radius 3 is 2.90 bits per heavy atom. The molecule has 120 valence electrons. The van der Waals surface area contributed by atoms with Crippen LogP contribution in [0, 0.1) is 6.92 Å². The highest BCUT2D eigenvalue weighted by molar-refractivity contribution is 7.91. The molecule has 0 saturated carbocycles. The lowest BCUT2D eigenvalue weighted by Crippen LogP contribution is -2.39. The Bertz CT molecular complexity index is 551. The SMILES string of the molecule is CCNCc1sc(S(=O)(=O)NCC2COCCO2)cc1C. The molecule has 2 heterocycles. The molecule has 0 spiro atoms. The zero-order valence-electron chi connectivity index (χ0n) is 12.3. The maximum atomic E-state index is 12.3. The summed E-state index contributed by atoms with van der Waals surface area (Å²) >= 11 is 1.31. The van der Waals surface area contributed by atoms with Crippen molar-refractivity contribution in [2.24, 2.45) is 0 Å². The van der Waals surface area contributed by atoms with E-state index < -0.39 is 10.0 Å². The first-order valence-electron chi connectivity index (χ1n) is 7.02. The molecular weight excluding hydrogens is 312 g/mol. The molecule has 1 aliphatic rings. The molecule has 6 nitrogen and oxygen atoms in total. The van der Waals surface area contributed by atoms with Crippen molar-refractivity contribution in [3.63, 3.8) is 0 Å². The van der Waals surface area contributed by atoms with E-state index in [0.29, 0.717) is 30.6 Å². The topological polar surface area (TPSA) is 76.7 Å². The van der Waals surface area contributed by atoms with Crippen LogP contribution in [0.3, 0.4) is 0 Å². The molecule has 0 radical (unpaired) electrons. The number of ether oxygens (including phenoxy) is 2. The first-order valence-corrected chi connectivity index (χ1v) is 9.32. The quantitative estimate of drug-likeness (QED) is 0.773. The molecule has 1 saturated heterocycles. The molecule has 0 aromatic carbocycles. The summed E-state index contributed by atoms with van der Waals surface area (Å²) in [6.45, 7) is 7.26. The van der Waals surface area contributed by atoms with Crippen molar-refractivity contribution in [3.8, 4) is 0 Å². The van der Waals surface area contributed by atoms with E-state index in [1.807, 2.05) is 13.8 Å². The van der Waals surface area contributed by atoms with Crippen LogP contribution in [0.4, 0.5) is 0 Å². The summed E-state index contributed by atoms with van der Waals surface area (Å²) in [5, 5.41) is 3.21. The van der Waals surface area contributed by atoms with Gasteiger partial charge in [-0.2, -0.15) is 0 Å². The Morgan fingerprint density at radius 1 is 1.43 bits per heavy atom. The van der Waals surface area contributed by atoms with Gasteiger partial charge in [0.05, 0.1) is 25.9 Å². The number of hydrogen-bond acceptors (Lipinski definition) is 6. The molecule has 1 aliphatic heterocycles. The number of aryl methyl sites for hydroxylation is 1. The van der Waals surface area contributed by atoms with E-state index >= 15 is 0 Å². The maximum Gasteiger partial charge on any atom is 0.250 e. The van der Waals surface area contributed by atoms with Crippen LogP contribution in [-0.4, -0.2) is 47.4 Å². The lowest BCUT2D eigenvalue weighted by atomic mass is 10.3. The van der Waals surface area contributed by atoms with Crippen molar-refractivity contribution in [1.29, 1.82) is 0 Å². The van der Waals surface area contributed by atoms with E-state index in [1.54, 1.807) is 6.07 Å². The Labute approximate surface area is 129 Å². The average molecular weight is 334 g/mol. The first-order chi connectivity index (χ1) is 10.0. The van der Waals surface area contributed by atoms with Gasteiger partial charge in [0.15, 0.2) is 0 Å². The van der Waals surface area contributed by atoms with Crippen molar-refractivity contribution in [1.82, 2.24) is 10.0 Å². The van der Waals surface area contributed by atoms with Gasteiger partial charge in [-0.1, -0.05) is 6.92 Å². The summed E-state index contributed by atoms with van der Waals surface area (Å²) in [7, 11) is -3.48. The van der Waals surface area contributed by atoms with Gasteiger partial charge in [-0.25, -0.2) is 13.1 Å².